The monoisotopic (exact) mass is 366 g/mol. The molecule has 2 aromatic carbocycles. The van der Waals surface area contributed by atoms with Crippen LogP contribution < -0.4 is 21.7 Å². The highest BCUT2D eigenvalue weighted by Gasteiger charge is 2.47. The van der Waals surface area contributed by atoms with Gasteiger partial charge in [-0.2, -0.15) is 0 Å². The molecule has 5 N–H and O–H groups in total. The number of nitrogens with one attached hydrogen (secondary N) is 3. The zero-order valence-corrected chi connectivity index (χ0v) is 14.3. The smallest absolute Gasteiger partial charge is 0.322 e. The molecular formula is C19H18N4O4. The highest BCUT2D eigenvalue weighted by atomic mass is 16.2. The Labute approximate surface area is 155 Å². The molecule has 1 fully saturated rings. The molecule has 0 aliphatic carbocycles. The van der Waals surface area contributed by atoms with Crippen LogP contribution in [0.4, 0.5) is 10.5 Å². The third kappa shape index (κ3) is 3.64. The summed E-state index contributed by atoms with van der Waals surface area (Å²) < 4.78 is 0. The van der Waals surface area contributed by atoms with Crippen LogP contribution in [0.15, 0.2) is 54.6 Å². The second-order valence-electron chi connectivity index (χ2n) is 6.14. The van der Waals surface area contributed by atoms with Crippen LogP contribution in [0, 0.1) is 0 Å². The van der Waals surface area contributed by atoms with E-state index in [2.05, 4.69) is 16.0 Å². The fraction of sp³-hybridized carbons (Fsp3) is 0.158. The van der Waals surface area contributed by atoms with Crippen LogP contribution in [0.25, 0.3) is 0 Å². The quantitative estimate of drug-likeness (QED) is 0.573. The van der Waals surface area contributed by atoms with Gasteiger partial charge in [-0.3, -0.25) is 19.7 Å². The molecule has 1 aliphatic heterocycles. The summed E-state index contributed by atoms with van der Waals surface area (Å²) in [7, 11) is 0. The molecule has 1 atom stereocenters. The molecule has 5 amide bonds. The minimum Gasteiger partial charge on any atom is -0.366 e. The molecule has 138 valence electrons. The Morgan fingerprint density at radius 3 is 2.30 bits per heavy atom. The summed E-state index contributed by atoms with van der Waals surface area (Å²) in [5.74, 6) is -1.58. The van der Waals surface area contributed by atoms with Gasteiger partial charge in [-0.05, 0) is 24.1 Å². The molecule has 3 rings (SSSR count). The van der Waals surface area contributed by atoms with E-state index < -0.39 is 29.3 Å². The van der Waals surface area contributed by atoms with E-state index in [9.17, 15) is 19.2 Å². The lowest BCUT2D eigenvalue weighted by molar-refractivity contribution is -0.125. The largest absolute Gasteiger partial charge is 0.366 e. The molecule has 2 aromatic rings. The summed E-state index contributed by atoms with van der Waals surface area (Å²) in [5.41, 5.74) is 5.05. The van der Waals surface area contributed by atoms with Gasteiger partial charge in [-0.25, -0.2) is 4.79 Å². The topological polar surface area (TPSA) is 130 Å². The molecule has 1 unspecified atom stereocenters. The molecule has 27 heavy (non-hydrogen) atoms. The zero-order chi connectivity index (χ0) is 19.4. The number of para-hydroxylation sites is 1. The molecular weight excluding hydrogens is 348 g/mol. The molecule has 0 aromatic heterocycles. The van der Waals surface area contributed by atoms with Crippen LogP contribution in [0.1, 0.15) is 28.8 Å². The number of rotatable bonds is 6. The van der Waals surface area contributed by atoms with E-state index in [4.69, 9.17) is 5.73 Å². The van der Waals surface area contributed by atoms with Crippen molar-refractivity contribution in [1.29, 1.82) is 0 Å². The molecule has 1 saturated heterocycles. The van der Waals surface area contributed by atoms with Gasteiger partial charge in [0.15, 0.2) is 0 Å². The molecule has 0 radical (unpaired) electrons. The molecule has 0 bridgehead atoms. The summed E-state index contributed by atoms with van der Waals surface area (Å²) in [6, 6.07) is 14.5. The van der Waals surface area contributed by atoms with Crippen LogP contribution in [0.5, 0.6) is 0 Å². The normalized spacial score (nSPS) is 18.5. The standard InChI is InChI=1S/C19H18N4O4/c20-16(25)13-8-4-5-9-14(13)21-15(24)10-11-19(12-6-2-1-3-7-12)17(26)22-18(27)23-19/h1-9H,10-11H2,(H2,20,25)(H,21,24)(H2,22,23,26,27). The van der Waals surface area contributed by atoms with E-state index in [1.165, 1.54) is 6.07 Å². The SMILES string of the molecule is NC(=O)c1ccccc1NC(=O)CCC1(c2ccccc2)NC(=O)NC1=O. The summed E-state index contributed by atoms with van der Waals surface area (Å²) in [5, 5.41) is 7.48. The van der Waals surface area contributed by atoms with Crippen LogP contribution >= 0.6 is 0 Å². The van der Waals surface area contributed by atoms with Crippen molar-refractivity contribution < 1.29 is 19.2 Å². The molecule has 8 heteroatoms. The molecule has 1 heterocycles. The predicted molar refractivity (Wildman–Crippen MR) is 97.6 cm³/mol. The number of benzene rings is 2. The highest BCUT2D eigenvalue weighted by molar-refractivity contribution is 6.08. The molecule has 0 spiro atoms. The average Bonchev–Trinajstić information content (AvgIpc) is 2.95. The molecule has 8 nitrogen and oxygen atoms in total. The number of nitrogens with two attached hydrogens (primary N) is 1. The van der Waals surface area contributed by atoms with Crippen molar-refractivity contribution in [2.75, 3.05) is 5.32 Å². The van der Waals surface area contributed by atoms with Crippen LogP contribution in [0.3, 0.4) is 0 Å². The van der Waals surface area contributed by atoms with Gasteiger partial charge in [0.1, 0.15) is 5.54 Å². The first-order chi connectivity index (χ1) is 12.9. The van der Waals surface area contributed by atoms with E-state index in [1.54, 1.807) is 48.5 Å². The van der Waals surface area contributed by atoms with E-state index in [0.29, 0.717) is 11.3 Å². The minimum atomic E-state index is -1.32. The van der Waals surface area contributed by atoms with Crippen molar-refractivity contribution in [2.24, 2.45) is 5.73 Å². The number of hydrogen-bond acceptors (Lipinski definition) is 4. The van der Waals surface area contributed by atoms with Crippen molar-refractivity contribution in [3.05, 3.63) is 65.7 Å². The maximum absolute atomic E-state index is 12.4. The zero-order valence-electron chi connectivity index (χ0n) is 14.3. The average molecular weight is 366 g/mol. The third-order valence-corrected chi connectivity index (χ3v) is 4.40. The maximum atomic E-state index is 12.4. The van der Waals surface area contributed by atoms with Crippen molar-refractivity contribution in [1.82, 2.24) is 10.6 Å². The van der Waals surface area contributed by atoms with E-state index in [1.807, 2.05) is 0 Å². The number of hydrogen-bond donors (Lipinski definition) is 4. The second kappa shape index (κ2) is 7.28. The van der Waals surface area contributed by atoms with Crippen molar-refractivity contribution in [3.63, 3.8) is 0 Å². The Hall–Kier alpha value is -3.68. The summed E-state index contributed by atoms with van der Waals surface area (Å²) in [4.78, 5) is 48.0. The minimum absolute atomic E-state index is 0.0547. The number of primary amides is 1. The fourth-order valence-corrected chi connectivity index (χ4v) is 3.06. The van der Waals surface area contributed by atoms with Crippen molar-refractivity contribution in [2.45, 2.75) is 18.4 Å². The van der Waals surface area contributed by atoms with Crippen LogP contribution in [-0.4, -0.2) is 23.8 Å². The Kier molecular flexibility index (Phi) is 4.89. The Morgan fingerprint density at radius 1 is 1.00 bits per heavy atom. The maximum Gasteiger partial charge on any atom is 0.322 e. The second-order valence-corrected chi connectivity index (χ2v) is 6.14. The van der Waals surface area contributed by atoms with Crippen molar-refractivity contribution >= 4 is 29.4 Å². The Balaban J connectivity index is 1.77. The first-order valence-electron chi connectivity index (χ1n) is 8.30. The van der Waals surface area contributed by atoms with Gasteiger partial charge < -0.3 is 16.4 Å². The van der Waals surface area contributed by atoms with Gasteiger partial charge in [0, 0.05) is 6.42 Å². The lowest BCUT2D eigenvalue weighted by Crippen LogP contribution is -2.44. The van der Waals surface area contributed by atoms with Gasteiger partial charge in [0.25, 0.3) is 11.8 Å². The van der Waals surface area contributed by atoms with Gasteiger partial charge in [-0.15, -0.1) is 0 Å². The number of carbonyl (C=O) groups excluding carboxylic acids is 4. The molecule has 1 aliphatic rings. The summed E-state index contributed by atoms with van der Waals surface area (Å²) >= 11 is 0. The fourth-order valence-electron chi connectivity index (χ4n) is 3.06. The van der Waals surface area contributed by atoms with Crippen LogP contribution in [-0.2, 0) is 15.1 Å². The number of amides is 5. The predicted octanol–water partition coefficient (Wildman–Crippen LogP) is 1.24. The van der Waals surface area contributed by atoms with Crippen LogP contribution in [0.2, 0.25) is 0 Å². The first-order valence-corrected chi connectivity index (χ1v) is 8.30. The summed E-state index contributed by atoms with van der Waals surface area (Å²) in [6.07, 6.45) is -0.00511. The van der Waals surface area contributed by atoms with Gasteiger partial charge in [0.05, 0.1) is 11.3 Å². The number of imide groups is 1. The van der Waals surface area contributed by atoms with Crippen molar-refractivity contribution in [3.8, 4) is 0 Å². The van der Waals surface area contributed by atoms with E-state index in [0.717, 1.165) is 0 Å². The van der Waals surface area contributed by atoms with Gasteiger partial charge in [-0.1, -0.05) is 42.5 Å². The number of anilines is 1. The Morgan fingerprint density at radius 2 is 1.67 bits per heavy atom. The van der Waals surface area contributed by atoms with Gasteiger partial charge >= 0.3 is 6.03 Å². The van der Waals surface area contributed by atoms with E-state index in [-0.39, 0.29) is 18.4 Å². The number of urea groups is 1. The third-order valence-electron chi connectivity index (χ3n) is 4.40. The first kappa shape index (κ1) is 18.1. The Bertz CT molecular complexity index is 913. The van der Waals surface area contributed by atoms with E-state index >= 15 is 0 Å². The molecule has 0 saturated carbocycles. The van der Waals surface area contributed by atoms with Gasteiger partial charge in [0.2, 0.25) is 5.91 Å². The lowest BCUT2D eigenvalue weighted by atomic mass is 9.85. The number of carbonyl (C=O) groups is 4. The highest BCUT2D eigenvalue weighted by Crippen LogP contribution is 2.30. The lowest BCUT2D eigenvalue weighted by Gasteiger charge is -2.26. The summed E-state index contributed by atoms with van der Waals surface area (Å²) in [6.45, 7) is 0.